The Morgan fingerprint density at radius 3 is 2.59 bits per heavy atom. The lowest BCUT2D eigenvalue weighted by atomic mass is 9.87. The molecule has 190 valence electrons. The number of aromatic nitrogens is 2. The van der Waals surface area contributed by atoms with Crippen LogP contribution < -0.4 is 10.6 Å². The molecule has 3 rings (SSSR count). The summed E-state index contributed by atoms with van der Waals surface area (Å²) in [6.07, 6.45) is -7.45. The molecule has 34 heavy (non-hydrogen) atoms. The number of nitrogens with zero attached hydrogens (tertiary/aromatic N) is 2. The number of fused-ring (bicyclic) bond motifs is 2. The van der Waals surface area contributed by atoms with E-state index in [-0.39, 0.29) is 38.8 Å². The minimum absolute atomic E-state index is 0.0271. The number of amides is 1. The van der Waals surface area contributed by atoms with Crippen molar-refractivity contribution in [2.45, 2.75) is 36.3 Å². The molecule has 2 aliphatic rings. The molecule has 2 bridgehead atoms. The van der Waals surface area contributed by atoms with Gasteiger partial charge in [-0.25, -0.2) is 9.78 Å². The Morgan fingerprint density at radius 1 is 1.21 bits per heavy atom. The minimum atomic E-state index is -4.72. The smallest absolute Gasteiger partial charge is 0.434 e. The summed E-state index contributed by atoms with van der Waals surface area (Å²) < 4.78 is 59.5. The van der Waals surface area contributed by atoms with Crippen LogP contribution in [0.3, 0.4) is 0 Å². The fourth-order valence-corrected chi connectivity index (χ4v) is 3.36. The average Bonchev–Trinajstić information content (AvgIpc) is 3.18. The molecule has 1 aromatic heterocycles. The molecule has 0 unspecified atom stereocenters. The molecule has 0 aliphatic carbocycles. The molecule has 16 heteroatoms. The first-order chi connectivity index (χ1) is 16.0. The molecule has 5 N–H and O–H groups in total. The number of hydrogen-bond acceptors (Lipinski definition) is 11. The van der Waals surface area contributed by atoms with Crippen LogP contribution in [-0.4, -0.2) is 107 Å². The molecule has 1 aromatic rings. The van der Waals surface area contributed by atoms with Gasteiger partial charge in [0.05, 0.1) is 38.8 Å². The number of ether oxygens (including phenoxy) is 4. The van der Waals surface area contributed by atoms with Crippen molar-refractivity contribution in [3.05, 3.63) is 18.1 Å². The van der Waals surface area contributed by atoms with Gasteiger partial charge in [-0.3, -0.25) is 9.78 Å². The number of aliphatic hydroxyl groups excluding tert-OH is 2. The van der Waals surface area contributed by atoms with Gasteiger partial charge in [0.2, 0.25) is 5.91 Å². The van der Waals surface area contributed by atoms with Gasteiger partial charge in [-0.2, -0.15) is 13.2 Å². The predicted molar refractivity (Wildman–Crippen MR) is 102 cm³/mol. The average molecular weight is 496 g/mol. The van der Waals surface area contributed by atoms with E-state index in [1.165, 1.54) is 0 Å². The van der Waals surface area contributed by atoms with Gasteiger partial charge in [0.25, 0.3) is 0 Å². The van der Waals surface area contributed by atoms with Crippen LogP contribution in [0.2, 0.25) is 0 Å². The molecule has 3 heterocycles. The summed E-state index contributed by atoms with van der Waals surface area (Å²) >= 11 is 0. The van der Waals surface area contributed by atoms with Gasteiger partial charge in [0.15, 0.2) is 12.0 Å². The van der Waals surface area contributed by atoms with Crippen LogP contribution in [0, 0.1) is 0 Å². The first kappa shape index (κ1) is 26.0. The van der Waals surface area contributed by atoms with Crippen molar-refractivity contribution < 1.29 is 57.0 Å². The second kappa shape index (κ2) is 10.7. The number of aliphatic hydroxyl groups is 2. The van der Waals surface area contributed by atoms with Crippen LogP contribution in [-0.2, 0) is 34.7 Å². The number of carboxylic acids is 1. The van der Waals surface area contributed by atoms with Crippen molar-refractivity contribution >= 4 is 17.7 Å². The molecule has 0 radical (unpaired) electrons. The number of nitrogens with one attached hydrogen (secondary N) is 2. The summed E-state index contributed by atoms with van der Waals surface area (Å²) in [6.45, 7) is -1.40. The summed E-state index contributed by atoms with van der Waals surface area (Å²) in [6, 6.07) is -1.17. The molecule has 2 fully saturated rings. The number of hydrogen-bond donors (Lipinski definition) is 5. The quantitative estimate of drug-likeness (QED) is 0.221. The fourth-order valence-electron chi connectivity index (χ4n) is 3.36. The molecular weight excluding hydrogens is 473 g/mol. The van der Waals surface area contributed by atoms with Gasteiger partial charge in [0, 0.05) is 0 Å². The second-order valence-corrected chi connectivity index (χ2v) is 7.53. The van der Waals surface area contributed by atoms with Crippen molar-refractivity contribution in [3.8, 4) is 0 Å². The maximum atomic E-state index is 12.9. The van der Waals surface area contributed by atoms with E-state index in [1.807, 2.05) is 0 Å². The number of aliphatic carboxylic acids is 1. The maximum Gasteiger partial charge on any atom is 0.434 e. The van der Waals surface area contributed by atoms with Crippen molar-refractivity contribution in [2.75, 3.05) is 44.9 Å². The van der Waals surface area contributed by atoms with Gasteiger partial charge in [-0.15, -0.1) is 0 Å². The zero-order valence-corrected chi connectivity index (χ0v) is 17.5. The lowest BCUT2D eigenvalue weighted by Gasteiger charge is -2.43. The zero-order chi connectivity index (χ0) is 24.9. The Kier molecular flexibility index (Phi) is 8.21. The molecule has 1 amide bonds. The van der Waals surface area contributed by atoms with Gasteiger partial charge < -0.3 is 44.9 Å². The van der Waals surface area contributed by atoms with Crippen molar-refractivity contribution in [2.24, 2.45) is 0 Å². The van der Waals surface area contributed by atoms with E-state index in [4.69, 9.17) is 24.1 Å². The van der Waals surface area contributed by atoms with Crippen LogP contribution >= 0.6 is 0 Å². The third-order valence-corrected chi connectivity index (χ3v) is 5.02. The lowest BCUT2D eigenvalue weighted by Crippen LogP contribution is -2.66. The topological polar surface area (TPSA) is 182 Å². The van der Waals surface area contributed by atoms with E-state index in [9.17, 15) is 33.0 Å². The number of carbonyl (C=O) groups is 2. The summed E-state index contributed by atoms with van der Waals surface area (Å²) in [7, 11) is 0. The molecule has 13 nitrogen and oxygen atoms in total. The Morgan fingerprint density at radius 2 is 1.91 bits per heavy atom. The highest BCUT2D eigenvalue weighted by atomic mass is 19.4. The summed E-state index contributed by atoms with van der Waals surface area (Å²) in [5.74, 6) is -2.03. The van der Waals surface area contributed by atoms with Gasteiger partial charge in [0.1, 0.15) is 42.9 Å². The molecule has 0 spiro atoms. The Hall–Kier alpha value is -2.63. The minimum Gasteiger partial charge on any atom is -0.480 e. The molecular formula is C18H23F3N4O9. The van der Waals surface area contributed by atoms with E-state index >= 15 is 0 Å². The van der Waals surface area contributed by atoms with Crippen molar-refractivity contribution in [1.29, 1.82) is 0 Å². The molecule has 2 saturated heterocycles. The standard InChI is InChI=1S/C18H23F3N4O9/c19-18(20,21)9-3-22-4-10(24-9)25-13-14(29)15(30)17(8-33-16(13)34-17)7-23-11(26)5-31-1-2-32-6-12(27)28/h3-4,13-16,29-30H,1-2,5-8H2,(H,23,26)(H,24,25)(H,27,28)/t13-,14-,15-,16+,17+/m1/s1. The lowest BCUT2D eigenvalue weighted by molar-refractivity contribution is -0.213. The van der Waals surface area contributed by atoms with Crippen LogP contribution in [0.5, 0.6) is 0 Å². The SMILES string of the molecule is O=C(O)COCCOCC(=O)NC[C@@]12CO[C@@H](O1)[C@H](Nc1cncc(C(F)(F)F)n1)[C@@H](O)[C@H]2O. The first-order valence-corrected chi connectivity index (χ1v) is 9.97. The summed E-state index contributed by atoms with van der Waals surface area (Å²) in [4.78, 5) is 29.2. The zero-order valence-electron chi connectivity index (χ0n) is 17.5. The monoisotopic (exact) mass is 496 g/mol. The van der Waals surface area contributed by atoms with Crippen LogP contribution in [0.4, 0.5) is 19.0 Å². The highest BCUT2D eigenvalue weighted by Gasteiger charge is 2.59. The number of rotatable bonds is 11. The summed E-state index contributed by atoms with van der Waals surface area (Å²) in [5.41, 5.74) is -2.74. The third-order valence-electron chi connectivity index (χ3n) is 5.02. The third kappa shape index (κ3) is 6.28. The van der Waals surface area contributed by atoms with Crippen molar-refractivity contribution in [1.82, 2.24) is 15.3 Å². The fraction of sp³-hybridized carbons (Fsp3) is 0.667. The molecule has 0 saturated carbocycles. The highest BCUT2D eigenvalue weighted by molar-refractivity contribution is 5.77. The molecule has 2 aliphatic heterocycles. The Labute approximate surface area is 190 Å². The number of carboxylic acid groups (broad SMARTS) is 1. The Bertz CT molecular complexity index is 877. The van der Waals surface area contributed by atoms with Crippen molar-refractivity contribution in [3.63, 3.8) is 0 Å². The largest absolute Gasteiger partial charge is 0.480 e. The van der Waals surface area contributed by atoms with Gasteiger partial charge >= 0.3 is 12.1 Å². The maximum absolute atomic E-state index is 12.9. The predicted octanol–water partition coefficient (Wildman–Crippen LogP) is -1.64. The number of carbonyl (C=O) groups excluding carboxylic acids is 1. The number of alkyl halides is 3. The van der Waals surface area contributed by atoms with Crippen LogP contribution in [0.1, 0.15) is 5.69 Å². The Balaban J connectivity index is 1.51. The molecule has 5 atom stereocenters. The van der Waals surface area contributed by atoms with E-state index in [2.05, 4.69) is 20.6 Å². The second-order valence-electron chi connectivity index (χ2n) is 7.53. The molecule has 0 aromatic carbocycles. The van der Waals surface area contributed by atoms with E-state index in [0.29, 0.717) is 6.20 Å². The van der Waals surface area contributed by atoms with Crippen LogP contribution in [0.15, 0.2) is 12.4 Å². The summed E-state index contributed by atoms with van der Waals surface area (Å²) in [5, 5.41) is 34.6. The first-order valence-electron chi connectivity index (χ1n) is 9.97. The van der Waals surface area contributed by atoms with Crippen LogP contribution in [0.25, 0.3) is 0 Å². The van der Waals surface area contributed by atoms with Gasteiger partial charge in [-0.05, 0) is 0 Å². The van der Waals surface area contributed by atoms with E-state index < -0.39 is 60.5 Å². The number of anilines is 1. The highest BCUT2D eigenvalue weighted by Crippen LogP contribution is 2.38. The van der Waals surface area contributed by atoms with E-state index in [1.54, 1.807) is 0 Å². The van der Waals surface area contributed by atoms with E-state index in [0.717, 1.165) is 6.20 Å². The van der Waals surface area contributed by atoms with Gasteiger partial charge in [-0.1, -0.05) is 0 Å². The number of halogens is 3. The normalized spacial score (nSPS) is 28.5.